The molecular formula is C19H18N2OS3. The molecule has 1 heterocycles. The number of rotatable bonds is 6. The second kappa shape index (κ2) is 8.56. The zero-order valence-electron chi connectivity index (χ0n) is 14.0. The first-order valence-corrected chi connectivity index (χ1v) is 10.8. The van der Waals surface area contributed by atoms with Crippen molar-refractivity contribution in [1.82, 2.24) is 4.98 Å². The third-order valence-electron chi connectivity index (χ3n) is 3.52. The van der Waals surface area contributed by atoms with Gasteiger partial charge in [0, 0.05) is 32.2 Å². The van der Waals surface area contributed by atoms with E-state index in [-0.39, 0.29) is 5.91 Å². The van der Waals surface area contributed by atoms with Crippen molar-refractivity contribution >= 4 is 46.5 Å². The number of benzene rings is 2. The van der Waals surface area contributed by atoms with E-state index in [4.69, 9.17) is 0 Å². The number of amides is 1. The molecule has 3 aromatic rings. The van der Waals surface area contributed by atoms with Crippen molar-refractivity contribution in [2.24, 2.45) is 0 Å². The molecular weight excluding hydrogens is 368 g/mol. The van der Waals surface area contributed by atoms with Crippen molar-refractivity contribution in [3.05, 3.63) is 70.2 Å². The molecule has 0 fully saturated rings. The van der Waals surface area contributed by atoms with Gasteiger partial charge in [-0.3, -0.25) is 4.79 Å². The molecule has 0 aliphatic heterocycles. The van der Waals surface area contributed by atoms with Crippen LogP contribution in [0.1, 0.15) is 21.1 Å². The summed E-state index contributed by atoms with van der Waals surface area (Å²) >= 11 is 5.08. The molecule has 3 nitrogen and oxygen atoms in total. The molecule has 0 radical (unpaired) electrons. The molecule has 0 bridgehead atoms. The maximum Gasteiger partial charge on any atom is 0.255 e. The molecule has 3 rings (SSSR count). The van der Waals surface area contributed by atoms with Gasteiger partial charge in [-0.25, -0.2) is 4.98 Å². The third-order valence-corrected chi connectivity index (χ3v) is 6.13. The quantitative estimate of drug-likeness (QED) is 0.550. The van der Waals surface area contributed by atoms with Gasteiger partial charge in [-0.05, 0) is 61.7 Å². The molecule has 1 amide bonds. The maximum atomic E-state index is 12.3. The summed E-state index contributed by atoms with van der Waals surface area (Å²) in [6.07, 6.45) is 2.03. The van der Waals surface area contributed by atoms with Gasteiger partial charge in [0.05, 0.1) is 10.7 Å². The van der Waals surface area contributed by atoms with E-state index in [1.54, 1.807) is 34.9 Å². The Hall–Kier alpha value is -1.76. The van der Waals surface area contributed by atoms with E-state index in [0.717, 1.165) is 27.0 Å². The van der Waals surface area contributed by atoms with Crippen LogP contribution >= 0.6 is 34.9 Å². The van der Waals surface area contributed by atoms with Crippen LogP contribution in [0, 0.1) is 6.92 Å². The van der Waals surface area contributed by atoms with Crippen molar-refractivity contribution in [3.63, 3.8) is 0 Å². The molecule has 25 heavy (non-hydrogen) atoms. The molecule has 0 saturated carbocycles. The Bertz CT molecular complexity index is 842. The summed E-state index contributed by atoms with van der Waals surface area (Å²) in [6.45, 7) is 2.01. The van der Waals surface area contributed by atoms with Gasteiger partial charge in [-0.15, -0.1) is 34.9 Å². The molecule has 0 saturated heterocycles. The summed E-state index contributed by atoms with van der Waals surface area (Å²) in [5.74, 6) is 0.751. The summed E-state index contributed by atoms with van der Waals surface area (Å²) < 4.78 is 0. The van der Waals surface area contributed by atoms with E-state index < -0.39 is 0 Å². The first-order chi connectivity index (χ1) is 12.1. The lowest BCUT2D eigenvalue weighted by Crippen LogP contribution is -2.11. The van der Waals surface area contributed by atoms with Crippen LogP contribution < -0.4 is 5.32 Å². The Morgan fingerprint density at radius 2 is 1.76 bits per heavy atom. The first-order valence-electron chi connectivity index (χ1n) is 7.73. The monoisotopic (exact) mass is 386 g/mol. The van der Waals surface area contributed by atoms with Crippen LogP contribution in [-0.2, 0) is 5.75 Å². The normalized spacial score (nSPS) is 10.6. The van der Waals surface area contributed by atoms with Crippen molar-refractivity contribution in [2.75, 3.05) is 11.6 Å². The average Bonchev–Trinajstić information content (AvgIpc) is 3.06. The molecule has 0 aliphatic rings. The molecule has 1 N–H and O–H groups in total. The van der Waals surface area contributed by atoms with Crippen LogP contribution in [0.25, 0.3) is 0 Å². The average molecular weight is 387 g/mol. The van der Waals surface area contributed by atoms with Crippen LogP contribution in [0.4, 0.5) is 5.69 Å². The van der Waals surface area contributed by atoms with Gasteiger partial charge >= 0.3 is 0 Å². The second-order valence-corrected chi connectivity index (χ2v) is 8.34. The van der Waals surface area contributed by atoms with E-state index in [2.05, 4.69) is 15.7 Å². The van der Waals surface area contributed by atoms with Gasteiger partial charge in [0.1, 0.15) is 0 Å². The number of carbonyl (C=O) groups excluding carboxylic acids is 1. The van der Waals surface area contributed by atoms with E-state index in [9.17, 15) is 4.79 Å². The zero-order valence-corrected chi connectivity index (χ0v) is 16.4. The van der Waals surface area contributed by atoms with Gasteiger partial charge in [-0.2, -0.15) is 0 Å². The minimum Gasteiger partial charge on any atom is -0.322 e. The highest BCUT2D eigenvalue weighted by atomic mass is 32.2. The molecule has 0 aliphatic carbocycles. The minimum atomic E-state index is -0.0939. The molecule has 2 aromatic carbocycles. The van der Waals surface area contributed by atoms with Crippen LogP contribution in [0.2, 0.25) is 0 Å². The number of hydrogen-bond acceptors (Lipinski definition) is 5. The molecule has 0 unspecified atom stereocenters. The molecule has 0 spiro atoms. The van der Waals surface area contributed by atoms with E-state index in [1.807, 2.05) is 61.7 Å². The maximum absolute atomic E-state index is 12.3. The number of nitrogens with zero attached hydrogens (tertiary/aromatic N) is 1. The lowest BCUT2D eigenvalue weighted by atomic mass is 10.2. The fourth-order valence-corrected chi connectivity index (χ4v) is 4.13. The zero-order chi connectivity index (χ0) is 17.6. The number of carbonyl (C=O) groups is 1. The predicted octanol–water partition coefficient (Wildman–Crippen LogP) is 5.72. The first kappa shape index (κ1) is 18.0. The van der Waals surface area contributed by atoms with Crippen LogP contribution in [-0.4, -0.2) is 17.1 Å². The number of anilines is 1. The van der Waals surface area contributed by atoms with Crippen molar-refractivity contribution < 1.29 is 4.79 Å². The number of thioether (sulfide) groups is 2. The van der Waals surface area contributed by atoms with Crippen LogP contribution in [0.15, 0.2) is 63.7 Å². The standard InChI is InChI=1S/C19H18N2OS3/c1-13-20-16(11-24-13)12-25-18-7-3-14(4-8-18)19(22)21-15-5-9-17(23-2)10-6-15/h3-11H,12H2,1-2H3,(H,21,22). The van der Waals surface area contributed by atoms with Gasteiger partial charge in [0.25, 0.3) is 5.91 Å². The highest BCUT2D eigenvalue weighted by Crippen LogP contribution is 2.24. The summed E-state index contributed by atoms with van der Waals surface area (Å²) in [5, 5.41) is 6.11. The summed E-state index contributed by atoms with van der Waals surface area (Å²) in [7, 11) is 0. The van der Waals surface area contributed by atoms with Crippen LogP contribution in [0.3, 0.4) is 0 Å². The number of thiazole rings is 1. The summed E-state index contributed by atoms with van der Waals surface area (Å²) in [5.41, 5.74) is 2.56. The highest BCUT2D eigenvalue weighted by Gasteiger charge is 2.07. The van der Waals surface area contributed by atoms with E-state index in [1.165, 1.54) is 4.90 Å². The lowest BCUT2D eigenvalue weighted by molar-refractivity contribution is 0.102. The Balaban J connectivity index is 1.57. The third kappa shape index (κ3) is 5.11. The fourth-order valence-electron chi connectivity index (χ4n) is 2.21. The molecule has 1 aromatic heterocycles. The topological polar surface area (TPSA) is 42.0 Å². The van der Waals surface area contributed by atoms with Crippen molar-refractivity contribution in [3.8, 4) is 0 Å². The Kier molecular flexibility index (Phi) is 6.18. The second-order valence-electron chi connectivity index (χ2n) is 5.35. The Labute approximate surface area is 160 Å². The van der Waals surface area contributed by atoms with E-state index in [0.29, 0.717) is 5.56 Å². The Morgan fingerprint density at radius 3 is 2.36 bits per heavy atom. The summed E-state index contributed by atoms with van der Waals surface area (Å²) in [6, 6.07) is 15.5. The SMILES string of the molecule is CSc1ccc(NC(=O)c2ccc(SCc3csc(C)n3)cc2)cc1. The largest absolute Gasteiger partial charge is 0.322 e. The molecule has 0 atom stereocenters. The number of aryl methyl sites for hydroxylation is 1. The van der Waals surface area contributed by atoms with Gasteiger partial charge < -0.3 is 5.32 Å². The van der Waals surface area contributed by atoms with Gasteiger partial charge in [0.2, 0.25) is 0 Å². The van der Waals surface area contributed by atoms with Crippen molar-refractivity contribution in [2.45, 2.75) is 22.5 Å². The molecule has 128 valence electrons. The van der Waals surface area contributed by atoms with Gasteiger partial charge in [-0.1, -0.05) is 0 Å². The lowest BCUT2D eigenvalue weighted by Gasteiger charge is -2.07. The van der Waals surface area contributed by atoms with Crippen LogP contribution in [0.5, 0.6) is 0 Å². The smallest absolute Gasteiger partial charge is 0.255 e. The Morgan fingerprint density at radius 1 is 1.08 bits per heavy atom. The summed E-state index contributed by atoms with van der Waals surface area (Å²) in [4.78, 5) is 19.1. The van der Waals surface area contributed by atoms with E-state index >= 15 is 0 Å². The highest BCUT2D eigenvalue weighted by molar-refractivity contribution is 7.98. The number of aromatic nitrogens is 1. The molecule has 6 heteroatoms. The minimum absolute atomic E-state index is 0.0939. The van der Waals surface area contributed by atoms with Gasteiger partial charge in [0.15, 0.2) is 0 Å². The van der Waals surface area contributed by atoms with Crippen molar-refractivity contribution in [1.29, 1.82) is 0 Å². The fraction of sp³-hybridized carbons (Fsp3) is 0.158. The predicted molar refractivity (Wildman–Crippen MR) is 109 cm³/mol. The number of nitrogens with one attached hydrogen (secondary N) is 1. The number of hydrogen-bond donors (Lipinski definition) is 1.